The second-order valence-electron chi connectivity index (χ2n) is 10.1. The van der Waals surface area contributed by atoms with Crippen molar-refractivity contribution in [1.82, 2.24) is 4.90 Å². The molecule has 3 aromatic rings. The summed E-state index contributed by atoms with van der Waals surface area (Å²) in [5.41, 5.74) is 3.89. The molecule has 6 nitrogen and oxygen atoms in total. The lowest BCUT2D eigenvalue weighted by Crippen LogP contribution is -2.47. The van der Waals surface area contributed by atoms with Gasteiger partial charge in [0.1, 0.15) is 29.8 Å². The summed E-state index contributed by atoms with van der Waals surface area (Å²) in [6.07, 6.45) is -0.766. The molecule has 0 aliphatic heterocycles. The van der Waals surface area contributed by atoms with Crippen molar-refractivity contribution in [3.8, 4) is 16.9 Å². The number of carbonyl (C=O) groups excluding carboxylic acids is 2. The molecule has 1 amide bonds. The van der Waals surface area contributed by atoms with Gasteiger partial charge in [0.05, 0.1) is 7.11 Å². The van der Waals surface area contributed by atoms with Gasteiger partial charge in [0.15, 0.2) is 0 Å². The van der Waals surface area contributed by atoms with Crippen molar-refractivity contribution in [1.29, 1.82) is 0 Å². The van der Waals surface area contributed by atoms with Crippen LogP contribution in [-0.4, -0.2) is 49.4 Å². The van der Waals surface area contributed by atoms with E-state index in [-0.39, 0.29) is 24.5 Å². The number of benzene rings is 3. The number of halogens is 1. The minimum absolute atomic E-state index is 0.0779. The molecule has 0 N–H and O–H groups in total. The van der Waals surface area contributed by atoms with Gasteiger partial charge in [0.2, 0.25) is 0 Å². The molecule has 1 aliphatic rings. The van der Waals surface area contributed by atoms with Gasteiger partial charge >= 0.3 is 12.1 Å². The Bertz CT molecular complexity index is 1250. The van der Waals surface area contributed by atoms with Gasteiger partial charge in [-0.25, -0.2) is 14.0 Å². The van der Waals surface area contributed by atoms with Gasteiger partial charge in [-0.1, -0.05) is 54.6 Å². The summed E-state index contributed by atoms with van der Waals surface area (Å²) < 4.78 is 31.1. The molecule has 37 heavy (non-hydrogen) atoms. The third-order valence-electron chi connectivity index (χ3n) is 6.44. The van der Waals surface area contributed by atoms with Crippen molar-refractivity contribution in [2.75, 3.05) is 20.8 Å². The zero-order valence-corrected chi connectivity index (χ0v) is 21.8. The largest absolute Gasteiger partial charge is 0.497 e. The van der Waals surface area contributed by atoms with Crippen LogP contribution in [0.2, 0.25) is 0 Å². The van der Waals surface area contributed by atoms with Crippen molar-refractivity contribution < 1.29 is 28.2 Å². The molecule has 0 heterocycles. The van der Waals surface area contributed by atoms with Crippen molar-refractivity contribution in [2.24, 2.45) is 0 Å². The van der Waals surface area contributed by atoms with E-state index in [1.165, 1.54) is 31.2 Å². The molecular formula is C30H32FNO5. The van der Waals surface area contributed by atoms with Crippen molar-refractivity contribution in [2.45, 2.75) is 44.8 Å². The van der Waals surface area contributed by atoms with Crippen LogP contribution in [0, 0.1) is 5.82 Å². The molecular weight excluding hydrogens is 473 g/mol. The number of esters is 1. The second-order valence-corrected chi connectivity index (χ2v) is 10.1. The number of amides is 1. The molecule has 3 aromatic carbocycles. The molecule has 1 aliphatic carbocycles. The summed E-state index contributed by atoms with van der Waals surface area (Å²) in [5, 5.41) is 0. The first-order valence-electron chi connectivity index (χ1n) is 12.2. The van der Waals surface area contributed by atoms with Crippen LogP contribution >= 0.6 is 0 Å². The number of nitrogens with zero attached hydrogens (tertiary/aromatic N) is 1. The van der Waals surface area contributed by atoms with Gasteiger partial charge < -0.3 is 14.2 Å². The van der Waals surface area contributed by atoms with Crippen molar-refractivity contribution >= 4 is 12.1 Å². The SMILES string of the molecule is COc1ccc(CC(C(=O)OC(C)(C)C)N(C)C(=O)OCC2c3ccccc3-c3ccccc32)c(F)c1. The normalized spacial score (nSPS) is 13.4. The minimum Gasteiger partial charge on any atom is -0.497 e. The van der Waals surface area contributed by atoms with Gasteiger partial charge in [-0.15, -0.1) is 0 Å². The van der Waals surface area contributed by atoms with Crippen LogP contribution in [0.15, 0.2) is 66.7 Å². The van der Waals surface area contributed by atoms with E-state index in [4.69, 9.17) is 14.2 Å². The number of likely N-dealkylation sites (N-methyl/N-ethyl adjacent to an activating group) is 1. The molecule has 7 heteroatoms. The highest BCUT2D eigenvalue weighted by atomic mass is 19.1. The van der Waals surface area contributed by atoms with Gasteiger partial charge in [-0.3, -0.25) is 4.90 Å². The highest BCUT2D eigenvalue weighted by molar-refractivity contribution is 5.82. The smallest absolute Gasteiger partial charge is 0.410 e. The third kappa shape index (κ3) is 5.77. The Morgan fingerprint density at radius 1 is 0.973 bits per heavy atom. The Hall–Kier alpha value is -3.87. The monoisotopic (exact) mass is 505 g/mol. The fourth-order valence-electron chi connectivity index (χ4n) is 4.60. The van der Waals surface area contributed by atoms with E-state index >= 15 is 0 Å². The van der Waals surface area contributed by atoms with Gasteiger partial charge in [0, 0.05) is 25.5 Å². The zero-order chi connectivity index (χ0) is 26.7. The number of hydrogen-bond acceptors (Lipinski definition) is 5. The number of ether oxygens (including phenoxy) is 3. The van der Waals surface area contributed by atoms with Crippen LogP contribution in [0.25, 0.3) is 11.1 Å². The highest BCUT2D eigenvalue weighted by Gasteiger charge is 2.34. The highest BCUT2D eigenvalue weighted by Crippen LogP contribution is 2.44. The maximum Gasteiger partial charge on any atom is 0.410 e. The van der Waals surface area contributed by atoms with Crippen LogP contribution in [0.5, 0.6) is 5.75 Å². The molecule has 0 saturated heterocycles. The topological polar surface area (TPSA) is 65.1 Å². The molecule has 0 saturated carbocycles. The zero-order valence-electron chi connectivity index (χ0n) is 21.8. The summed E-state index contributed by atoms with van der Waals surface area (Å²) in [7, 11) is 2.91. The summed E-state index contributed by atoms with van der Waals surface area (Å²) in [6.45, 7) is 5.32. The minimum atomic E-state index is -1.09. The molecule has 0 radical (unpaired) electrons. The number of hydrogen-bond donors (Lipinski definition) is 0. The average molecular weight is 506 g/mol. The number of methoxy groups -OCH3 is 1. The lowest BCUT2D eigenvalue weighted by molar-refractivity contribution is -0.160. The first-order valence-corrected chi connectivity index (χ1v) is 12.2. The fraction of sp³-hybridized carbons (Fsp3) is 0.333. The molecule has 0 bridgehead atoms. The van der Waals surface area contributed by atoms with E-state index in [2.05, 4.69) is 12.1 Å². The van der Waals surface area contributed by atoms with Gasteiger partial charge in [-0.05, 0) is 54.7 Å². The first kappa shape index (κ1) is 26.2. The van der Waals surface area contributed by atoms with Gasteiger partial charge in [-0.2, -0.15) is 0 Å². The first-order chi connectivity index (χ1) is 17.6. The predicted molar refractivity (Wildman–Crippen MR) is 139 cm³/mol. The van der Waals surface area contributed by atoms with Gasteiger partial charge in [0.25, 0.3) is 0 Å². The standard InChI is InChI=1S/C30H32FNO5/c1-30(2,3)37-28(33)27(16-19-14-15-20(35-5)17-26(19)31)32(4)29(34)36-18-25-23-12-8-6-10-21(23)22-11-7-9-13-24(22)25/h6-15,17,25,27H,16,18H2,1-5H3. The average Bonchev–Trinajstić information content (AvgIpc) is 3.18. The maximum atomic E-state index is 14.7. The number of carbonyl (C=O) groups is 2. The second kappa shape index (κ2) is 10.6. The quantitative estimate of drug-likeness (QED) is 0.370. The van der Waals surface area contributed by atoms with E-state index in [0.29, 0.717) is 5.75 Å². The molecule has 1 atom stereocenters. The van der Waals surface area contributed by atoms with E-state index in [0.717, 1.165) is 22.3 Å². The summed E-state index contributed by atoms with van der Waals surface area (Å²) in [5.74, 6) is -0.934. The molecule has 194 valence electrons. The number of fused-ring (bicyclic) bond motifs is 3. The Balaban J connectivity index is 1.53. The molecule has 1 unspecified atom stereocenters. The summed E-state index contributed by atoms with van der Waals surface area (Å²) in [4.78, 5) is 27.5. The molecule has 4 rings (SSSR count). The Morgan fingerprint density at radius 2 is 1.57 bits per heavy atom. The van der Waals surface area contributed by atoms with Crippen LogP contribution in [0.1, 0.15) is 43.4 Å². The molecule has 0 spiro atoms. The van der Waals surface area contributed by atoms with Crippen LogP contribution in [0.3, 0.4) is 0 Å². The molecule has 0 aromatic heterocycles. The van der Waals surface area contributed by atoms with E-state index in [9.17, 15) is 14.0 Å². The predicted octanol–water partition coefficient (Wildman–Crippen LogP) is 5.97. The lowest BCUT2D eigenvalue weighted by Gasteiger charge is -2.30. The maximum absolute atomic E-state index is 14.7. The van der Waals surface area contributed by atoms with Crippen LogP contribution in [-0.2, 0) is 20.7 Å². The Labute approximate surface area is 217 Å². The van der Waals surface area contributed by atoms with Crippen LogP contribution in [0.4, 0.5) is 9.18 Å². The Morgan fingerprint density at radius 3 is 2.11 bits per heavy atom. The summed E-state index contributed by atoms with van der Waals surface area (Å²) >= 11 is 0. The van der Waals surface area contributed by atoms with Crippen LogP contribution < -0.4 is 4.74 Å². The van der Waals surface area contributed by atoms with E-state index < -0.39 is 29.5 Å². The van der Waals surface area contributed by atoms with E-state index in [1.54, 1.807) is 26.8 Å². The number of rotatable bonds is 7. The summed E-state index contributed by atoms with van der Waals surface area (Å²) in [6, 6.07) is 19.4. The fourth-order valence-corrected chi connectivity index (χ4v) is 4.60. The molecule has 0 fully saturated rings. The lowest BCUT2D eigenvalue weighted by atomic mass is 9.98. The van der Waals surface area contributed by atoms with Crippen molar-refractivity contribution in [3.05, 3.63) is 89.2 Å². The van der Waals surface area contributed by atoms with E-state index in [1.807, 2.05) is 36.4 Å². The Kier molecular flexibility index (Phi) is 7.52. The third-order valence-corrected chi connectivity index (χ3v) is 6.44. The van der Waals surface area contributed by atoms with Crippen molar-refractivity contribution in [3.63, 3.8) is 0 Å².